The molecule has 1 aliphatic carbocycles. The van der Waals surface area contributed by atoms with Gasteiger partial charge in [0.2, 0.25) is 0 Å². The molecule has 0 spiro atoms. The highest BCUT2D eigenvalue weighted by atomic mass is 32.2. The van der Waals surface area contributed by atoms with Crippen LogP contribution in [0.4, 0.5) is 26.3 Å². The second kappa shape index (κ2) is 4.55. The SMILES string of the molecule is O=S(=O)(OCC1(C(F)(F)F)CCCC1)C(F)(F)F. The van der Waals surface area contributed by atoms with Crippen LogP contribution in [-0.2, 0) is 14.3 Å². The Hall–Kier alpha value is -0.510. The lowest BCUT2D eigenvalue weighted by Crippen LogP contribution is -2.41. The van der Waals surface area contributed by atoms with E-state index in [-0.39, 0.29) is 12.8 Å². The summed E-state index contributed by atoms with van der Waals surface area (Å²) in [6.07, 6.45) is -5.29. The van der Waals surface area contributed by atoms with Crippen molar-refractivity contribution < 1.29 is 38.9 Å². The van der Waals surface area contributed by atoms with Crippen LogP contribution in [0.15, 0.2) is 0 Å². The Labute approximate surface area is 99.2 Å². The van der Waals surface area contributed by atoms with Crippen molar-refractivity contribution in [3.8, 4) is 0 Å². The molecular weight excluding hydrogens is 290 g/mol. The van der Waals surface area contributed by atoms with Crippen molar-refractivity contribution in [2.24, 2.45) is 5.41 Å². The maximum atomic E-state index is 12.7. The van der Waals surface area contributed by atoms with Gasteiger partial charge in [0.1, 0.15) is 0 Å². The van der Waals surface area contributed by atoms with Crippen LogP contribution in [0.3, 0.4) is 0 Å². The first-order valence-corrected chi connectivity index (χ1v) is 6.35. The van der Waals surface area contributed by atoms with Crippen LogP contribution in [-0.4, -0.2) is 26.7 Å². The molecule has 3 nitrogen and oxygen atoms in total. The molecule has 10 heteroatoms. The molecule has 1 saturated carbocycles. The maximum Gasteiger partial charge on any atom is 0.523 e. The Morgan fingerprint density at radius 1 is 1.00 bits per heavy atom. The number of alkyl halides is 6. The highest BCUT2D eigenvalue weighted by molar-refractivity contribution is 7.87. The van der Waals surface area contributed by atoms with E-state index in [1.54, 1.807) is 0 Å². The lowest BCUT2D eigenvalue weighted by Gasteiger charge is -2.30. The van der Waals surface area contributed by atoms with Crippen LogP contribution in [0.25, 0.3) is 0 Å². The molecule has 1 rings (SSSR count). The minimum atomic E-state index is -5.98. The van der Waals surface area contributed by atoms with Gasteiger partial charge in [-0.2, -0.15) is 34.8 Å². The van der Waals surface area contributed by atoms with Crippen molar-refractivity contribution in [3.05, 3.63) is 0 Å². The van der Waals surface area contributed by atoms with E-state index in [4.69, 9.17) is 0 Å². The average Bonchev–Trinajstić information content (AvgIpc) is 2.61. The van der Waals surface area contributed by atoms with E-state index in [2.05, 4.69) is 4.18 Å². The van der Waals surface area contributed by atoms with Gasteiger partial charge in [-0.15, -0.1) is 0 Å². The predicted octanol–water partition coefficient (Wildman–Crippen LogP) is 2.98. The summed E-state index contributed by atoms with van der Waals surface area (Å²) in [5.74, 6) is 0. The smallest absolute Gasteiger partial charge is 0.262 e. The summed E-state index contributed by atoms with van der Waals surface area (Å²) in [6.45, 7) is -1.52. The first kappa shape index (κ1) is 15.5. The Balaban J connectivity index is 2.84. The highest BCUT2D eigenvalue weighted by Gasteiger charge is 2.58. The van der Waals surface area contributed by atoms with Crippen molar-refractivity contribution in [1.29, 1.82) is 0 Å². The zero-order chi connectivity index (χ0) is 14.2. The molecule has 0 bridgehead atoms. The Morgan fingerprint density at radius 3 is 1.78 bits per heavy atom. The van der Waals surface area contributed by atoms with Gasteiger partial charge in [0, 0.05) is 0 Å². The predicted molar refractivity (Wildman–Crippen MR) is 47.9 cm³/mol. The average molecular weight is 300 g/mol. The first-order chi connectivity index (χ1) is 7.91. The lowest BCUT2D eigenvalue weighted by atomic mass is 9.87. The van der Waals surface area contributed by atoms with Crippen LogP contribution in [0.1, 0.15) is 25.7 Å². The number of rotatable bonds is 3. The van der Waals surface area contributed by atoms with Gasteiger partial charge in [-0.25, -0.2) is 0 Å². The molecule has 0 amide bonds. The molecule has 0 aromatic carbocycles. The highest BCUT2D eigenvalue weighted by Crippen LogP contribution is 2.51. The van der Waals surface area contributed by atoms with E-state index in [0.717, 1.165) is 0 Å². The molecule has 18 heavy (non-hydrogen) atoms. The van der Waals surface area contributed by atoms with Crippen LogP contribution in [0.5, 0.6) is 0 Å². The Morgan fingerprint density at radius 2 is 1.44 bits per heavy atom. The van der Waals surface area contributed by atoms with Gasteiger partial charge >= 0.3 is 21.8 Å². The van der Waals surface area contributed by atoms with Gasteiger partial charge in [-0.05, 0) is 12.8 Å². The number of hydrogen-bond donors (Lipinski definition) is 0. The third-order valence-corrected chi connectivity index (χ3v) is 3.93. The van der Waals surface area contributed by atoms with Gasteiger partial charge in [-0.3, -0.25) is 4.18 Å². The summed E-state index contributed by atoms with van der Waals surface area (Å²) in [5, 5.41) is 0. The third kappa shape index (κ3) is 2.90. The number of hydrogen-bond acceptors (Lipinski definition) is 3. The molecule has 0 unspecified atom stereocenters. The Kier molecular flexibility index (Phi) is 3.93. The van der Waals surface area contributed by atoms with Crippen LogP contribution in [0.2, 0.25) is 0 Å². The number of halogens is 6. The van der Waals surface area contributed by atoms with Gasteiger partial charge in [-0.1, -0.05) is 12.8 Å². The second-order valence-corrected chi connectivity index (χ2v) is 5.75. The molecule has 0 aromatic heterocycles. The van der Waals surface area contributed by atoms with Gasteiger partial charge in [0.05, 0.1) is 12.0 Å². The summed E-state index contributed by atoms with van der Waals surface area (Å²) in [7, 11) is -5.98. The summed E-state index contributed by atoms with van der Waals surface area (Å²) in [4.78, 5) is 0. The van der Waals surface area contributed by atoms with Crippen molar-refractivity contribution in [3.63, 3.8) is 0 Å². The quantitative estimate of drug-likeness (QED) is 0.457. The normalized spacial score (nSPS) is 21.2. The molecule has 1 aliphatic rings. The maximum absolute atomic E-state index is 12.7. The van der Waals surface area contributed by atoms with E-state index in [1.165, 1.54) is 0 Å². The zero-order valence-corrected chi connectivity index (χ0v) is 9.75. The van der Waals surface area contributed by atoms with Crippen molar-refractivity contribution >= 4 is 10.1 Å². The zero-order valence-electron chi connectivity index (χ0n) is 8.94. The molecule has 0 aliphatic heterocycles. The summed E-state index contributed by atoms with van der Waals surface area (Å²) in [6, 6.07) is 0. The van der Waals surface area contributed by atoms with E-state index in [0.29, 0.717) is 0 Å². The van der Waals surface area contributed by atoms with E-state index >= 15 is 0 Å². The minimum absolute atomic E-state index is 0.176. The third-order valence-electron chi connectivity index (χ3n) is 2.94. The molecule has 0 saturated heterocycles. The van der Waals surface area contributed by atoms with Crippen LogP contribution < -0.4 is 0 Å². The molecule has 0 heterocycles. The summed E-state index contributed by atoms with van der Waals surface area (Å²) < 4.78 is 98.7. The molecule has 0 aromatic rings. The molecule has 0 radical (unpaired) electrons. The standard InChI is InChI=1S/C8H10F6O3S/c9-7(10,11)6(3-1-2-4-6)5-17-18(15,16)8(12,13)14/h1-5H2. The molecule has 1 fully saturated rings. The largest absolute Gasteiger partial charge is 0.523 e. The second-order valence-electron chi connectivity index (χ2n) is 4.15. The van der Waals surface area contributed by atoms with Gasteiger partial charge in [0.25, 0.3) is 0 Å². The minimum Gasteiger partial charge on any atom is -0.262 e. The molecule has 0 atom stereocenters. The molecular formula is C8H10F6O3S. The van der Waals surface area contributed by atoms with E-state index in [1.807, 2.05) is 0 Å². The van der Waals surface area contributed by atoms with Crippen LogP contribution >= 0.6 is 0 Å². The monoisotopic (exact) mass is 300 g/mol. The fourth-order valence-electron chi connectivity index (χ4n) is 1.82. The fourth-order valence-corrected chi connectivity index (χ4v) is 2.33. The van der Waals surface area contributed by atoms with Gasteiger partial charge < -0.3 is 0 Å². The fraction of sp³-hybridized carbons (Fsp3) is 1.00. The van der Waals surface area contributed by atoms with E-state index in [9.17, 15) is 34.8 Å². The summed E-state index contributed by atoms with van der Waals surface area (Å²) in [5.41, 5.74) is -8.20. The van der Waals surface area contributed by atoms with Crippen LogP contribution in [0, 0.1) is 5.41 Å². The van der Waals surface area contributed by atoms with Crippen molar-refractivity contribution in [2.75, 3.05) is 6.61 Å². The Bertz CT molecular complexity index is 390. The lowest BCUT2D eigenvalue weighted by molar-refractivity contribution is -0.231. The van der Waals surface area contributed by atoms with Crippen molar-refractivity contribution in [1.82, 2.24) is 0 Å². The summed E-state index contributed by atoms with van der Waals surface area (Å²) >= 11 is 0. The molecule has 0 N–H and O–H groups in total. The topological polar surface area (TPSA) is 43.4 Å². The van der Waals surface area contributed by atoms with Crippen molar-refractivity contribution in [2.45, 2.75) is 37.4 Å². The van der Waals surface area contributed by atoms with Gasteiger partial charge in [0.15, 0.2) is 0 Å². The first-order valence-electron chi connectivity index (χ1n) is 4.94. The van der Waals surface area contributed by atoms with E-state index < -0.39 is 46.7 Å². The molecule has 108 valence electrons.